The third-order valence-electron chi connectivity index (χ3n) is 3.26. The summed E-state index contributed by atoms with van der Waals surface area (Å²) in [5, 5.41) is 2.95. The van der Waals surface area contributed by atoms with Crippen LogP contribution >= 0.6 is 22.6 Å². The van der Waals surface area contributed by atoms with E-state index >= 15 is 0 Å². The van der Waals surface area contributed by atoms with Gasteiger partial charge in [-0.05, 0) is 39.3 Å². The maximum Gasteiger partial charge on any atom is 0.407 e. The Labute approximate surface area is 139 Å². The Morgan fingerprint density at radius 1 is 1.43 bits per heavy atom. The normalized spacial score (nSPS) is 22.2. The molecule has 5 nitrogen and oxygen atoms in total. The van der Waals surface area contributed by atoms with E-state index in [1.807, 2.05) is 45.0 Å². The molecule has 2 unspecified atom stereocenters. The van der Waals surface area contributed by atoms with Gasteiger partial charge in [0.05, 0.1) is 17.4 Å². The molecular formula is C15H22IN3O2. The van der Waals surface area contributed by atoms with Crippen LogP contribution in [0.5, 0.6) is 0 Å². The molecule has 2 rings (SSSR count). The van der Waals surface area contributed by atoms with Crippen LogP contribution in [-0.4, -0.2) is 28.3 Å². The van der Waals surface area contributed by atoms with E-state index in [9.17, 15) is 4.79 Å². The number of carbonyl (C=O) groups is 1. The summed E-state index contributed by atoms with van der Waals surface area (Å²) < 4.78 is 5.47. The smallest absolute Gasteiger partial charge is 0.407 e. The molecule has 0 aromatic heterocycles. The maximum absolute atomic E-state index is 11.9. The van der Waals surface area contributed by atoms with Crippen molar-refractivity contribution in [3.8, 4) is 0 Å². The maximum atomic E-state index is 11.9. The number of hydrogen-bond donors (Lipinski definition) is 2. The number of alkyl carbamates (subject to hydrolysis) is 1. The fraction of sp³-hybridized carbons (Fsp3) is 0.533. The number of rotatable bonds is 2. The van der Waals surface area contributed by atoms with E-state index in [1.54, 1.807) is 0 Å². The van der Waals surface area contributed by atoms with Gasteiger partial charge in [-0.1, -0.05) is 34.7 Å². The Bertz CT molecular complexity index is 516. The molecular weight excluding hydrogens is 381 g/mol. The number of halogens is 1. The molecule has 0 radical (unpaired) electrons. The van der Waals surface area contributed by atoms with Crippen molar-refractivity contribution in [2.45, 2.75) is 42.9 Å². The van der Waals surface area contributed by atoms with Gasteiger partial charge in [0, 0.05) is 6.54 Å². The van der Waals surface area contributed by atoms with E-state index in [0.29, 0.717) is 0 Å². The number of anilines is 2. The molecule has 1 amide bonds. The number of ether oxygens (including phenoxy) is 1. The summed E-state index contributed by atoms with van der Waals surface area (Å²) in [5.74, 6) is 0. The first kappa shape index (κ1) is 16.2. The molecule has 6 heteroatoms. The zero-order valence-corrected chi connectivity index (χ0v) is 14.8. The SMILES string of the molecule is CC(C)(C)OC(=O)NC1CCN(c2ccccc2N)C1I. The first-order valence-electron chi connectivity index (χ1n) is 7.02. The van der Waals surface area contributed by atoms with Gasteiger partial charge in [-0.25, -0.2) is 4.79 Å². The lowest BCUT2D eigenvalue weighted by Crippen LogP contribution is -2.44. The number of carbonyl (C=O) groups excluding carboxylic acids is 1. The van der Waals surface area contributed by atoms with Crippen LogP contribution < -0.4 is 16.0 Å². The molecule has 21 heavy (non-hydrogen) atoms. The summed E-state index contributed by atoms with van der Waals surface area (Å²) in [5.41, 5.74) is 7.34. The molecule has 0 aliphatic carbocycles. The second-order valence-electron chi connectivity index (χ2n) is 6.17. The molecule has 3 N–H and O–H groups in total. The van der Waals surface area contributed by atoms with E-state index in [-0.39, 0.29) is 16.2 Å². The topological polar surface area (TPSA) is 67.6 Å². The standard InChI is InChI=1S/C15H22IN3O2/c1-15(2,3)21-14(20)18-11-8-9-19(13(11)16)12-7-5-4-6-10(12)17/h4-7,11,13H,8-9,17H2,1-3H3,(H,18,20). The highest BCUT2D eigenvalue weighted by Crippen LogP contribution is 2.33. The van der Waals surface area contributed by atoms with Gasteiger partial charge in [-0.15, -0.1) is 0 Å². The van der Waals surface area contributed by atoms with Gasteiger partial charge >= 0.3 is 6.09 Å². The van der Waals surface area contributed by atoms with E-state index in [2.05, 4.69) is 32.8 Å². The monoisotopic (exact) mass is 403 g/mol. The van der Waals surface area contributed by atoms with Gasteiger partial charge in [0.1, 0.15) is 9.65 Å². The van der Waals surface area contributed by atoms with Crippen LogP contribution in [0.1, 0.15) is 27.2 Å². The van der Waals surface area contributed by atoms with Crippen molar-refractivity contribution in [1.29, 1.82) is 0 Å². The second kappa shape index (κ2) is 6.29. The molecule has 2 atom stereocenters. The molecule has 1 aliphatic rings. The van der Waals surface area contributed by atoms with Crippen LogP contribution in [-0.2, 0) is 4.74 Å². The van der Waals surface area contributed by atoms with Crippen molar-refractivity contribution in [1.82, 2.24) is 5.32 Å². The van der Waals surface area contributed by atoms with Crippen molar-refractivity contribution in [3.05, 3.63) is 24.3 Å². The Balaban J connectivity index is 2.00. The van der Waals surface area contributed by atoms with Crippen molar-refractivity contribution in [2.24, 2.45) is 0 Å². The summed E-state index contributed by atoms with van der Waals surface area (Å²) in [4.78, 5) is 14.1. The van der Waals surface area contributed by atoms with Crippen LogP contribution in [0.15, 0.2) is 24.3 Å². The zero-order valence-electron chi connectivity index (χ0n) is 12.6. The molecule has 116 valence electrons. The van der Waals surface area contributed by atoms with Crippen LogP contribution in [0, 0.1) is 0 Å². The summed E-state index contributed by atoms with van der Waals surface area (Å²) >= 11 is 2.35. The number of amides is 1. The number of para-hydroxylation sites is 2. The molecule has 1 fully saturated rings. The van der Waals surface area contributed by atoms with Gasteiger partial charge in [-0.2, -0.15) is 0 Å². The summed E-state index contributed by atoms with van der Waals surface area (Å²) in [7, 11) is 0. The average molecular weight is 403 g/mol. The Morgan fingerprint density at radius 3 is 2.71 bits per heavy atom. The van der Waals surface area contributed by atoms with Gasteiger partial charge < -0.3 is 20.7 Å². The summed E-state index contributed by atoms with van der Waals surface area (Å²) in [6.07, 6.45) is 0.512. The number of nitrogens with one attached hydrogen (secondary N) is 1. The summed E-state index contributed by atoms with van der Waals surface area (Å²) in [6, 6.07) is 7.86. The first-order valence-corrected chi connectivity index (χ1v) is 8.27. The van der Waals surface area contributed by atoms with Gasteiger partial charge in [0.15, 0.2) is 0 Å². The lowest BCUT2D eigenvalue weighted by atomic mass is 10.2. The lowest BCUT2D eigenvalue weighted by Gasteiger charge is -2.27. The van der Waals surface area contributed by atoms with Crippen LogP contribution in [0.25, 0.3) is 0 Å². The predicted molar refractivity (Wildman–Crippen MR) is 93.8 cm³/mol. The highest BCUT2D eigenvalue weighted by molar-refractivity contribution is 14.1. The molecule has 0 saturated carbocycles. The number of nitrogen functional groups attached to an aromatic ring is 1. The van der Waals surface area contributed by atoms with Gasteiger partial charge in [0.2, 0.25) is 0 Å². The third-order valence-corrected chi connectivity index (χ3v) is 4.80. The Kier molecular flexibility index (Phi) is 4.85. The van der Waals surface area contributed by atoms with Crippen LogP contribution in [0.4, 0.5) is 16.2 Å². The highest BCUT2D eigenvalue weighted by Gasteiger charge is 2.34. The Hall–Kier alpha value is -1.18. The zero-order chi connectivity index (χ0) is 15.6. The van der Waals surface area contributed by atoms with E-state index in [0.717, 1.165) is 24.3 Å². The second-order valence-corrected chi connectivity index (χ2v) is 7.44. The van der Waals surface area contributed by atoms with Crippen molar-refractivity contribution in [2.75, 3.05) is 17.2 Å². The van der Waals surface area contributed by atoms with Gasteiger partial charge in [0.25, 0.3) is 0 Å². The van der Waals surface area contributed by atoms with Crippen molar-refractivity contribution < 1.29 is 9.53 Å². The molecule has 1 aliphatic heterocycles. The third kappa shape index (κ3) is 4.15. The number of hydrogen-bond acceptors (Lipinski definition) is 4. The minimum Gasteiger partial charge on any atom is -0.444 e. The molecule has 1 heterocycles. The molecule has 0 bridgehead atoms. The Morgan fingerprint density at radius 2 is 2.10 bits per heavy atom. The van der Waals surface area contributed by atoms with Crippen LogP contribution in [0.2, 0.25) is 0 Å². The van der Waals surface area contributed by atoms with E-state index < -0.39 is 5.60 Å². The van der Waals surface area contributed by atoms with Crippen molar-refractivity contribution in [3.63, 3.8) is 0 Å². The fourth-order valence-electron chi connectivity index (χ4n) is 2.36. The number of nitrogens with two attached hydrogens (primary N) is 1. The first-order chi connectivity index (χ1) is 9.78. The molecule has 0 spiro atoms. The lowest BCUT2D eigenvalue weighted by molar-refractivity contribution is 0.0508. The fourth-order valence-corrected chi connectivity index (χ4v) is 3.48. The minimum atomic E-state index is -0.479. The van der Waals surface area contributed by atoms with E-state index in [1.165, 1.54) is 0 Å². The van der Waals surface area contributed by atoms with E-state index in [4.69, 9.17) is 10.5 Å². The average Bonchev–Trinajstić information content (AvgIpc) is 2.69. The van der Waals surface area contributed by atoms with Gasteiger partial charge in [-0.3, -0.25) is 0 Å². The highest BCUT2D eigenvalue weighted by atomic mass is 127. The minimum absolute atomic E-state index is 0.0556. The number of nitrogens with zero attached hydrogens (tertiary/aromatic N) is 1. The quantitative estimate of drug-likeness (QED) is 0.345. The predicted octanol–water partition coefficient (Wildman–Crippen LogP) is 3.13. The number of alkyl halides is 1. The molecule has 1 saturated heterocycles. The molecule has 1 aromatic carbocycles. The number of benzene rings is 1. The molecule has 1 aromatic rings. The summed E-state index contributed by atoms with van der Waals surface area (Å²) in [6.45, 7) is 6.45. The largest absolute Gasteiger partial charge is 0.444 e. The van der Waals surface area contributed by atoms with Crippen molar-refractivity contribution >= 4 is 40.1 Å². The van der Waals surface area contributed by atoms with Crippen LogP contribution in [0.3, 0.4) is 0 Å².